The Morgan fingerprint density at radius 1 is 1.33 bits per heavy atom. The number of carbonyl (C=O) groups excluding carboxylic acids is 1. The number of anilines is 2. The number of rotatable bonds is 3. The molecule has 0 spiro atoms. The van der Waals surface area contributed by atoms with Crippen molar-refractivity contribution in [3.63, 3.8) is 0 Å². The molecule has 113 valence electrons. The van der Waals surface area contributed by atoms with Crippen LogP contribution in [0.4, 0.5) is 20.6 Å². The summed E-state index contributed by atoms with van der Waals surface area (Å²) in [5.74, 6) is -0.348. The molecule has 2 heterocycles. The molecule has 7 heteroatoms. The molecule has 1 aromatic carbocycles. The third kappa shape index (κ3) is 2.66. The van der Waals surface area contributed by atoms with Crippen LogP contribution in [0.25, 0.3) is 0 Å². The van der Waals surface area contributed by atoms with Crippen LogP contribution >= 0.6 is 0 Å². The van der Waals surface area contributed by atoms with Crippen molar-refractivity contribution in [1.29, 1.82) is 0 Å². The van der Waals surface area contributed by atoms with Gasteiger partial charge in [-0.3, -0.25) is 4.90 Å². The van der Waals surface area contributed by atoms with Crippen LogP contribution < -0.4 is 15.1 Å². The standard InChI is InChI=1S/C14H17FN3O3/c1-16-12-9-18(14(19)21-12)11-4-2-3-10(15)13(11)17-5-7-20-8-6-17/h2-4,12H,5-9H2,1H3/t12-/m0/s1. The highest BCUT2D eigenvalue weighted by Crippen LogP contribution is 2.34. The van der Waals surface area contributed by atoms with E-state index >= 15 is 0 Å². The first-order valence-corrected chi connectivity index (χ1v) is 6.89. The quantitative estimate of drug-likeness (QED) is 0.840. The third-order valence-corrected chi connectivity index (χ3v) is 3.67. The second kappa shape index (κ2) is 5.87. The van der Waals surface area contributed by atoms with E-state index in [0.717, 1.165) is 0 Å². The molecule has 2 aliphatic rings. The van der Waals surface area contributed by atoms with Gasteiger partial charge in [-0.2, -0.15) is 0 Å². The average molecular weight is 294 g/mol. The molecule has 6 nitrogen and oxygen atoms in total. The normalized spacial score (nSPS) is 22.6. The fraction of sp³-hybridized carbons (Fsp3) is 0.500. The SMILES string of the molecule is C[N][C@@H]1CN(c2cccc(F)c2N2CCOCC2)C(=O)O1. The fourth-order valence-corrected chi connectivity index (χ4v) is 2.60. The number of hydrogen-bond acceptors (Lipinski definition) is 4. The van der Waals surface area contributed by atoms with Gasteiger partial charge < -0.3 is 14.4 Å². The number of likely N-dealkylation sites (N-methyl/N-ethyl adjacent to an activating group) is 1. The summed E-state index contributed by atoms with van der Waals surface area (Å²) in [5, 5.41) is 3.97. The summed E-state index contributed by atoms with van der Waals surface area (Å²) in [6, 6.07) is 4.73. The van der Waals surface area contributed by atoms with Gasteiger partial charge in [-0.05, 0) is 12.1 Å². The number of amides is 1. The summed E-state index contributed by atoms with van der Waals surface area (Å²) in [4.78, 5) is 15.3. The van der Waals surface area contributed by atoms with E-state index < -0.39 is 12.3 Å². The van der Waals surface area contributed by atoms with Crippen LogP contribution in [0.15, 0.2) is 18.2 Å². The highest BCUT2D eigenvalue weighted by atomic mass is 19.1. The molecule has 0 N–H and O–H groups in total. The lowest BCUT2D eigenvalue weighted by Gasteiger charge is -2.32. The molecule has 0 aliphatic carbocycles. The monoisotopic (exact) mass is 294 g/mol. The number of ether oxygens (including phenoxy) is 2. The Hall–Kier alpha value is -1.86. The molecular formula is C14H17FN3O3. The number of morpholine rings is 1. The van der Waals surface area contributed by atoms with Gasteiger partial charge in [0.2, 0.25) is 0 Å². The molecule has 1 radical (unpaired) electrons. The molecule has 0 aromatic heterocycles. The van der Waals surface area contributed by atoms with E-state index in [2.05, 4.69) is 5.32 Å². The van der Waals surface area contributed by atoms with Crippen molar-refractivity contribution in [2.75, 3.05) is 49.7 Å². The Bertz CT molecular complexity index is 534. The second-order valence-corrected chi connectivity index (χ2v) is 4.91. The summed E-state index contributed by atoms with van der Waals surface area (Å²) in [7, 11) is 1.59. The molecule has 1 aromatic rings. The predicted octanol–water partition coefficient (Wildman–Crippen LogP) is 1.18. The molecule has 2 aliphatic heterocycles. The molecule has 0 saturated carbocycles. The van der Waals surface area contributed by atoms with Gasteiger partial charge in [0.25, 0.3) is 0 Å². The van der Waals surface area contributed by atoms with Gasteiger partial charge in [-0.25, -0.2) is 14.5 Å². The zero-order chi connectivity index (χ0) is 14.8. The summed E-state index contributed by atoms with van der Waals surface area (Å²) >= 11 is 0. The maximum Gasteiger partial charge on any atom is 0.416 e. The van der Waals surface area contributed by atoms with E-state index in [-0.39, 0.29) is 5.82 Å². The molecular weight excluding hydrogens is 277 g/mol. The highest BCUT2D eigenvalue weighted by Gasteiger charge is 2.35. The maximum atomic E-state index is 14.3. The van der Waals surface area contributed by atoms with E-state index in [9.17, 15) is 9.18 Å². The van der Waals surface area contributed by atoms with Crippen LogP contribution in [0.1, 0.15) is 0 Å². The van der Waals surface area contributed by atoms with Crippen molar-refractivity contribution >= 4 is 17.5 Å². The van der Waals surface area contributed by atoms with E-state index in [1.807, 2.05) is 4.90 Å². The third-order valence-electron chi connectivity index (χ3n) is 3.67. The van der Waals surface area contributed by atoms with Gasteiger partial charge in [-0.1, -0.05) is 6.07 Å². The van der Waals surface area contributed by atoms with Gasteiger partial charge in [0.15, 0.2) is 6.23 Å². The van der Waals surface area contributed by atoms with Crippen molar-refractivity contribution in [1.82, 2.24) is 5.32 Å². The Kier molecular flexibility index (Phi) is 3.94. The van der Waals surface area contributed by atoms with Gasteiger partial charge >= 0.3 is 6.09 Å². The van der Waals surface area contributed by atoms with Crippen molar-refractivity contribution in [3.05, 3.63) is 24.0 Å². The van der Waals surface area contributed by atoms with Gasteiger partial charge in [0, 0.05) is 20.1 Å². The maximum absolute atomic E-state index is 14.3. The first-order valence-electron chi connectivity index (χ1n) is 6.89. The number of nitrogens with zero attached hydrogens (tertiary/aromatic N) is 3. The Balaban J connectivity index is 1.95. The number of benzene rings is 1. The zero-order valence-electron chi connectivity index (χ0n) is 11.8. The van der Waals surface area contributed by atoms with Gasteiger partial charge in [0.1, 0.15) is 5.82 Å². The smallest absolute Gasteiger partial charge is 0.416 e. The summed E-state index contributed by atoms with van der Waals surface area (Å²) in [6.07, 6.45) is -0.996. The van der Waals surface area contributed by atoms with Gasteiger partial charge in [0.05, 0.1) is 31.1 Å². The number of hydrogen-bond donors (Lipinski definition) is 0. The van der Waals surface area contributed by atoms with E-state index in [1.165, 1.54) is 11.0 Å². The highest BCUT2D eigenvalue weighted by molar-refractivity contribution is 5.94. The van der Waals surface area contributed by atoms with E-state index in [4.69, 9.17) is 9.47 Å². The summed E-state index contributed by atoms with van der Waals surface area (Å²) in [6.45, 7) is 2.59. The van der Waals surface area contributed by atoms with Gasteiger partial charge in [-0.15, -0.1) is 0 Å². The lowest BCUT2D eigenvalue weighted by molar-refractivity contribution is 0.122. The first kappa shape index (κ1) is 14.1. The summed E-state index contributed by atoms with van der Waals surface area (Å²) in [5.41, 5.74) is 0.947. The molecule has 1 amide bonds. The molecule has 0 bridgehead atoms. The number of halogens is 1. The molecule has 1 atom stereocenters. The number of cyclic esters (lactones) is 1. The van der Waals surface area contributed by atoms with Crippen LogP contribution in [0.2, 0.25) is 0 Å². The number of para-hydroxylation sites is 1. The van der Waals surface area contributed by atoms with Crippen molar-refractivity contribution in [2.24, 2.45) is 0 Å². The number of carbonyl (C=O) groups is 1. The zero-order valence-corrected chi connectivity index (χ0v) is 11.8. The van der Waals surface area contributed by atoms with Crippen LogP contribution in [0.5, 0.6) is 0 Å². The molecule has 2 saturated heterocycles. The van der Waals surface area contributed by atoms with Crippen molar-refractivity contribution in [2.45, 2.75) is 6.23 Å². The minimum Gasteiger partial charge on any atom is -0.427 e. The van der Waals surface area contributed by atoms with E-state index in [0.29, 0.717) is 44.2 Å². The van der Waals surface area contributed by atoms with Crippen molar-refractivity contribution < 1.29 is 18.7 Å². The van der Waals surface area contributed by atoms with Crippen LogP contribution in [-0.4, -0.2) is 52.2 Å². The topological polar surface area (TPSA) is 56.1 Å². The largest absolute Gasteiger partial charge is 0.427 e. The minimum atomic E-state index is -0.502. The molecule has 3 rings (SSSR count). The molecule has 2 fully saturated rings. The van der Waals surface area contributed by atoms with Crippen molar-refractivity contribution in [3.8, 4) is 0 Å². The van der Waals surface area contributed by atoms with E-state index in [1.54, 1.807) is 19.2 Å². The Morgan fingerprint density at radius 2 is 2.10 bits per heavy atom. The second-order valence-electron chi connectivity index (χ2n) is 4.91. The minimum absolute atomic E-state index is 0.302. The lowest BCUT2D eigenvalue weighted by Crippen LogP contribution is -2.38. The summed E-state index contributed by atoms with van der Waals surface area (Å²) < 4.78 is 24.7. The average Bonchev–Trinajstić information content (AvgIpc) is 2.89. The Morgan fingerprint density at radius 3 is 2.76 bits per heavy atom. The van der Waals surface area contributed by atoms with Crippen LogP contribution in [-0.2, 0) is 9.47 Å². The first-order chi connectivity index (χ1) is 10.2. The Labute approximate surface area is 122 Å². The predicted molar refractivity (Wildman–Crippen MR) is 75.1 cm³/mol. The molecule has 0 unspecified atom stereocenters. The molecule has 21 heavy (non-hydrogen) atoms. The van der Waals surface area contributed by atoms with Crippen LogP contribution in [0, 0.1) is 5.82 Å². The lowest BCUT2D eigenvalue weighted by atomic mass is 10.2. The van der Waals surface area contributed by atoms with Crippen LogP contribution in [0.3, 0.4) is 0 Å². The fourth-order valence-electron chi connectivity index (χ4n) is 2.60.